The Morgan fingerprint density at radius 3 is 1.78 bits per heavy atom. The Morgan fingerprint density at radius 1 is 0.806 bits per heavy atom. The average Bonchev–Trinajstić information content (AvgIpc) is 2.94. The highest BCUT2D eigenvalue weighted by molar-refractivity contribution is 5.78. The first-order valence-corrected chi connectivity index (χ1v) is 12.8. The standard InChI is InChI=1S/C33H36N2O/c1-3-14-29(15-4-2)33(30-20-12-7-13-21-30)35-24-22-34(23-25-35)32(36)26-31(27-16-8-5-9-17-27)28-18-10-6-11-19-28/h3-21,31,33H,1,22-26H2,2H3/b15-4-,29-14+. The van der Waals surface area contributed by atoms with E-state index in [-0.39, 0.29) is 17.9 Å². The van der Waals surface area contributed by atoms with Crippen molar-refractivity contribution in [3.63, 3.8) is 0 Å². The monoisotopic (exact) mass is 476 g/mol. The van der Waals surface area contributed by atoms with Crippen LogP contribution in [0.4, 0.5) is 0 Å². The molecule has 184 valence electrons. The van der Waals surface area contributed by atoms with Gasteiger partial charge in [0, 0.05) is 38.5 Å². The molecule has 0 radical (unpaired) electrons. The fourth-order valence-electron chi connectivity index (χ4n) is 5.15. The van der Waals surface area contributed by atoms with Crippen molar-refractivity contribution in [3.05, 3.63) is 144 Å². The zero-order valence-corrected chi connectivity index (χ0v) is 21.2. The lowest BCUT2D eigenvalue weighted by atomic mass is 9.88. The summed E-state index contributed by atoms with van der Waals surface area (Å²) >= 11 is 0. The molecule has 0 N–H and O–H groups in total. The van der Waals surface area contributed by atoms with Gasteiger partial charge in [0.15, 0.2) is 0 Å². The second-order valence-corrected chi connectivity index (χ2v) is 9.21. The Bertz CT molecular complexity index is 1120. The summed E-state index contributed by atoms with van der Waals surface area (Å²) in [4.78, 5) is 18.0. The third kappa shape index (κ3) is 6.30. The minimum absolute atomic E-state index is 0.0619. The lowest BCUT2D eigenvalue weighted by Gasteiger charge is -2.40. The molecule has 1 saturated heterocycles. The molecule has 1 aliphatic heterocycles. The first-order valence-electron chi connectivity index (χ1n) is 12.8. The van der Waals surface area contributed by atoms with Crippen molar-refractivity contribution in [3.8, 4) is 0 Å². The summed E-state index contributed by atoms with van der Waals surface area (Å²) in [5.41, 5.74) is 4.85. The van der Waals surface area contributed by atoms with Gasteiger partial charge in [-0.3, -0.25) is 9.69 Å². The lowest BCUT2D eigenvalue weighted by molar-refractivity contribution is -0.133. The van der Waals surface area contributed by atoms with Crippen LogP contribution in [0.1, 0.15) is 42.0 Å². The number of rotatable bonds is 9. The minimum atomic E-state index is 0.0619. The average molecular weight is 477 g/mol. The van der Waals surface area contributed by atoms with Gasteiger partial charge in [-0.15, -0.1) is 0 Å². The number of amides is 1. The molecule has 36 heavy (non-hydrogen) atoms. The van der Waals surface area contributed by atoms with Gasteiger partial charge in [-0.05, 0) is 29.2 Å². The van der Waals surface area contributed by atoms with Crippen molar-refractivity contribution >= 4 is 5.91 Å². The normalized spacial score (nSPS) is 15.8. The molecule has 1 heterocycles. The third-order valence-electron chi connectivity index (χ3n) is 6.92. The highest BCUT2D eigenvalue weighted by Crippen LogP contribution is 2.32. The minimum Gasteiger partial charge on any atom is -0.340 e. The zero-order valence-electron chi connectivity index (χ0n) is 21.2. The van der Waals surface area contributed by atoms with Gasteiger partial charge in [0.05, 0.1) is 6.04 Å². The number of nitrogens with zero attached hydrogens (tertiary/aromatic N) is 2. The maximum Gasteiger partial charge on any atom is 0.223 e. The number of hydrogen-bond donors (Lipinski definition) is 0. The molecule has 0 spiro atoms. The van der Waals surface area contributed by atoms with E-state index in [1.165, 1.54) is 22.3 Å². The van der Waals surface area contributed by atoms with Gasteiger partial charge in [-0.1, -0.05) is 122 Å². The number of allylic oxidation sites excluding steroid dienone is 3. The lowest BCUT2D eigenvalue weighted by Crippen LogP contribution is -2.50. The van der Waals surface area contributed by atoms with Gasteiger partial charge >= 0.3 is 0 Å². The molecule has 1 atom stereocenters. The topological polar surface area (TPSA) is 23.6 Å². The molecule has 0 aliphatic carbocycles. The largest absolute Gasteiger partial charge is 0.340 e. The summed E-state index contributed by atoms with van der Waals surface area (Å²) in [7, 11) is 0. The van der Waals surface area contributed by atoms with Crippen LogP contribution in [0, 0.1) is 0 Å². The van der Waals surface area contributed by atoms with Gasteiger partial charge in [-0.25, -0.2) is 0 Å². The van der Waals surface area contributed by atoms with Crippen LogP contribution in [-0.2, 0) is 4.79 Å². The van der Waals surface area contributed by atoms with E-state index in [1.807, 2.05) is 30.0 Å². The van der Waals surface area contributed by atoms with Crippen molar-refractivity contribution in [2.45, 2.75) is 25.3 Å². The fraction of sp³-hybridized carbons (Fsp3) is 0.242. The van der Waals surface area contributed by atoms with Gasteiger partial charge < -0.3 is 4.90 Å². The van der Waals surface area contributed by atoms with Crippen molar-refractivity contribution in [1.82, 2.24) is 9.80 Å². The Labute approximate surface area is 216 Å². The van der Waals surface area contributed by atoms with Crippen LogP contribution in [0.25, 0.3) is 0 Å². The summed E-state index contributed by atoms with van der Waals surface area (Å²) in [6, 6.07) is 31.5. The highest BCUT2D eigenvalue weighted by atomic mass is 16.2. The summed E-state index contributed by atoms with van der Waals surface area (Å²) in [6.45, 7) is 9.11. The van der Waals surface area contributed by atoms with Crippen molar-refractivity contribution in [2.24, 2.45) is 0 Å². The second kappa shape index (κ2) is 12.9. The van der Waals surface area contributed by atoms with E-state index in [0.29, 0.717) is 6.42 Å². The van der Waals surface area contributed by atoms with Crippen LogP contribution in [0.3, 0.4) is 0 Å². The summed E-state index contributed by atoms with van der Waals surface area (Å²) in [5, 5.41) is 0. The molecule has 1 fully saturated rings. The first-order chi connectivity index (χ1) is 17.7. The van der Waals surface area contributed by atoms with Crippen LogP contribution >= 0.6 is 0 Å². The van der Waals surface area contributed by atoms with Gasteiger partial charge in [-0.2, -0.15) is 0 Å². The number of piperazine rings is 1. The second-order valence-electron chi connectivity index (χ2n) is 9.21. The summed E-state index contributed by atoms with van der Waals surface area (Å²) in [5.74, 6) is 0.283. The van der Waals surface area contributed by atoms with E-state index in [0.717, 1.165) is 26.2 Å². The molecule has 1 unspecified atom stereocenters. The maximum absolute atomic E-state index is 13.5. The third-order valence-corrected chi connectivity index (χ3v) is 6.92. The fourth-order valence-corrected chi connectivity index (χ4v) is 5.15. The molecule has 3 nitrogen and oxygen atoms in total. The number of carbonyl (C=O) groups excluding carboxylic acids is 1. The van der Waals surface area contributed by atoms with Crippen molar-refractivity contribution in [1.29, 1.82) is 0 Å². The quantitative estimate of drug-likeness (QED) is 0.318. The van der Waals surface area contributed by atoms with Gasteiger partial charge in [0.1, 0.15) is 0 Å². The SMILES string of the molecule is C=C/C=C(\C=C/C)C(c1ccccc1)N1CCN(C(=O)CC(c2ccccc2)c2ccccc2)CC1. The van der Waals surface area contributed by atoms with Crippen molar-refractivity contribution < 1.29 is 4.79 Å². The molecule has 4 rings (SSSR count). The highest BCUT2D eigenvalue weighted by Gasteiger charge is 2.29. The van der Waals surface area contributed by atoms with E-state index in [4.69, 9.17) is 0 Å². The van der Waals surface area contributed by atoms with E-state index in [9.17, 15) is 4.79 Å². The van der Waals surface area contributed by atoms with E-state index in [1.54, 1.807) is 0 Å². The molecule has 1 amide bonds. The molecule has 1 aliphatic rings. The molecule has 3 aromatic rings. The summed E-state index contributed by atoms with van der Waals surface area (Å²) in [6.07, 6.45) is 8.69. The molecular formula is C33H36N2O. The molecule has 3 aromatic carbocycles. The van der Waals surface area contributed by atoms with Crippen LogP contribution in [0.15, 0.2) is 127 Å². The Morgan fingerprint density at radius 2 is 1.31 bits per heavy atom. The summed E-state index contributed by atoms with van der Waals surface area (Å²) < 4.78 is 0. The van der Waals surface area contributed by atoms with Gasteiger partial charge in [0.2, 0.25) is 5.91 Å². The van der Waals surface area contributed by atoms with Crippen LogP contribution in [0.2, 0.25) is 0 Å². The number of hydrogen-bond acceptors (Lipinski definition) is 2. The van der Waals surface area contributed by atoms with Crippen LogP contribution in [0.5, 0.6) is 0 Å². The van der Waals surface area contributed by atoms with Crippen molar-refractivity contribution in [2.75, 3.05) is 26.2 Å². The predicted molar refractivity (Wildman–Crippen MR) is 150 cm³/mol. The van der Waals surface area contributed by atoms with E-state index in [2.05, 4.69) is 109 Å². The van der Waals surface area contributed by atoms with Gasteiger partial charge in [0.25, 0.3) is 0 Å². The van der Waals surface area contributed by atoms with E-state index >= 15 is 0 Å². The number of carbonyl (C=O) groups is 1. The maximum atomic E-state index is 13.5. The number of benzene rings is 3. The zero-order chi connectivity index (χ0) is 25.2. The first kappa shape index (κ1) is 25.4. The Hall–Kier alpha value is -3.69. The van der Waals surface area contributed by atoms with E-state index < -0.39 is 0 Å². The molecule has 0 aromatic heterocycles. The van der Waals surface area contributed by atoms with Crippen LogP contribution in [-0.4, -0.2) is 41.9 Å². The van der Waals surface area contributed by atoms with Crippen LogP contribution < -0.4 is 0 Å². The Balaban J connectivity index is 1.49. The smallest absolute Gasteiger partial charge is 0.223 e. The predicted octanol–water partition coefficient (Wildman–Crippen LogP) is 6.78. The Kier molecular flexibility index (Phi) is 9.07. The molecule has 0 saturated carbocycles. The molecule has 0 bridgehead atoms. The molecular weight excluding hydrogens is 440 g/mol. The molecule has 3 heteroatoms.